The summed E-state index contributed by atoms with van der Waals surface area (Å²) in [6.07, 6.45) is 0.875. The molecule has 2 rings (SSSR count). The van der Waals surface area contributed by atoms with Gasteiger partial charge in [-0.2, -0.15) is 0 Å². The highest BCUT2D eigenvalue weighted by molar-refractivity contribution is 5.81. The summed E-state index contributed by atoms with van der Waals surface area (Å²) < 4.78 is 6.80. The van der Waals surface area contributed by atoms with Gasteiger partial charge in [-0.25, -0.2) is 0 Å². The van der Waals surface area contributed by atoms with E-state index in [9.17, 15) is 9.59 Å². The molecule has 0 amide bonds. The molecule has 0 atom stereocenters. The van der Waals surface area contributed by atoms with Crippen molar-refractivity contribution in [2.24, 2.45) is 7.05 Å². The van der Waals surface area contributed by atoms with Crippen LogP contribution >= 0.6 is 0 Å². The van der Waals surface area contributed by atoms with Gasteiger partial charge in [0, 0.05) is 24.4 Å². The number of ether oxygens (including phenoxy) is 1. The van der Waals surface area contributed by atoms with Gasteiger partial charge < -0.3 is 14.1 Å². The minimum Gasteiger partial charge on any atom is -0.497 e. The van der Waals surface area contributed by atoms with Crippen LogP contribution in [0.5, 0.6) is 5.75 Å². The molecule has 1 aromatic carbocycles. The molecule has 1 heterocycles. The molecule has 0 unspecified atom stereocenters. The summed E-state index contributed by atoms with van der Waals surface area (Å²) in [5.41, 5.74) is 1.48. The number of carbonyl (C=O) groups is 1. The lowest BCUT2D eigenvalue weighted by molar-refractivity contribution is -0.116. The number of benzene rings is 1. The van der Waals surface area contributed by atoms with E-state index in [1.54, 1.807) is 18.7 Å². The molecule has 4 heteroatoms. The summed E-state index contributed by atoms with van der Waals surface area (Å²) >= 11 is 0. The molecule has 4 nitrogen and oxygen atoms in total. The summed E-state index contributed by atoms with van der Waals surface area (Å²) in [5.74, 6) is 0.844. The second-order valence-corrected chi connectivity index (χ2v) is 4.66. The van der Waals surface area contributed by atoms with Crippen LogP contribution in [0, 0.1) is 0 Å². The Balaban J connectivity index is 2.56. The fourth-order valence-electron chi connectivity index (χ4n) is 2.14. The first-order valence-corrected chi connectivity index (χ1v) is 6.19. The zero-order valence-electron chi connectivity index (χ0n) is 11.4. The zero-order valence-corrected chi connectivity index (χ0v) is 11.4. The Labute approximate surface area is 111 Å². The predicted octanol–water partition coefficient (Wildman–Crippen LogP) is 2.07. The van der Waals surface area contributed by atoms with Gasteiger partial charge in [-0.1, -0.05) is 0 Å². The van der Waals surface area contributed by atoms with Gasteiger partial charge >= 0.3 is 0 Å². The van der Waals surface area contributed by atoms with Crippen molar-refractivity contribution in [1.82, 2.24) is 4.57 Å². The van der Waals surface area contributed by atoms with Gasteiger partial charge in [-0.05, 0) is 37.6 Å². The first-order valence-electron chi connectivity index (χ1n) is 6.19. The highest BCUT2D eigenvalue weighted by Crippen LogP contribution is 2.20. The second kappa shape index (κ2) is 5.26. The molecule has 100 valence electrons. The Morgan fingerprint density at radius 3 is 2.68 bits per heavy atom. The summed E-state index contributed by atoms with van der Waals surface area (Å²) in [7, 11) is 3.36. The third-order valence-corrected chi connectivity index (χ3v) is 3.25. The lowest BCUT2D eigenvalue weighted by Crippen LogP contribution is -2.21. The van der Waals surface area contributed by atoms with Crippen molar-refractivity contribution < 1.29 is 9.53 Å². The topological polar surface area (TPSA) is 48.3 Å². The van der Waals surface area contributed by atoms with Gasteiger partial charge in [0.05, 0.1) is 12.6 Å². The normalized spacial score (nSPS) is 10.7. The van der Waals surface area contributed by atoms with E-state index >= 15 is 0 Å². The summed E-state index contributed by atoms with van der Waals surface area (Å²) in [6.45, 7) is 1.54. The number of ketones is 1. The number of Topliss-reactive ketones (excluding diaryl/α,β-unsaturated/α-hetero) is 1. The van der Waals surface area contributed by atoms with Crippen LogP contribution < -0.4 is 10.3 Å². The van der Waals surface area contributed by atoms with Crippen LogP contribution in [0.15, 0.2) is 29.1 Å². The molecule has 0 aliphatic rings. The number of aromatic nitrogens is 1. The van der Waals surface area contributed by atoms with Crippen molar-refractivity contribution in [3.8, 4) is 5.75 Å². The Kier molecular flexibility index (Phi) is 3.69. The molecule has 0 bridgehead atoms. The maximum Gasteiger partial charge on any atom is 0.253 e. The SMILES string of the molecule is COc1ccc2c(c1)cc(CCC(C)=O)c(=O)n2C. The predicted molar refractivity (Wildman–Crippen MR) is 74.7 cm³/mol. The molecule has 0 fully saturated rings. The number of pyridine rings is 1. The number of methoxy groups -OCH3 is 1. The maximum absolute atomic E-state index is 12.2. The molecule has 1 aromatic heterocycles. The van der Waals surface area contributed by atoms with E-state index in [0.717, 1.165) is 16.7 Å². The smallest absolute Gasteiger partial charge is 0.253 e. The monoisotopic (exact) mass is 259 g/mol. The summed E-state index contributed by atoms with van der Waals surface area (Å²) in [6, 6.07) is 7.44. The average molecular weight is 259 g/mol. The highest BCUT2D eigenvalue weighted by Gasteiger charge is 2.08. The van der Waals surface area contributed by atoms with E-state index in [1.807, 2.05) is 24.3 Å². The molecule has 0 saturated heterocycles. The van der Waals surface area contributed by atoms with Crippen molar-refractivity contribution in [3.05, 3.63) is 40.2 Å². The van der Waals surface area contributed by atoms with E-state index in [-0.39, 0.29) is 11.3 Å². The van der Waals surface area contributed by atoms with Crippen LogP contribution in [-0.4, -0.2) is 17.5 Å². The highest BCUT2D eigenvalue weighted by atomic mass is 16.5. The van der Waals surface area contributed by atoms with E-state index in [2.05, 4.69) is 0 Å². The van der Waals surface area contributed by atoms with Crippen molar-refractivity contribution in [3.63, 3.8) is 0 Å². The quantitative estimate of drug-likeness (QED) is 0.844. The third kappa shape index (κ3) is 2.67. The molecule has 2 aromatic rings. The molecule has 0 N–H and O–H groups in total. The molecule has 0 radical (unpaired) electrons. The Morgan fingerprint density at radius 1 is 1.32 bits per heavy atom. The van der Waals surface area contributed by atoms with Gasteiger partial charge in [0.25, 0.3) is 5.56 Å². The Bertz CT molecular complexity index is 686. The number of fused-ring (bicyclic) bond motifs is 1. The minimum atomic E-state index is -0.0427. The van der Waals surface area contributed by atoms with Crippen molar-refractivity contribution in [2.75, 3.05) is 7.11 Å². The molecular weight excluding hydrogens is 242 g/mol. The number of hydrogen-bond donors (Lipinski definition) is 0. The fraction of sp³-hybridized carbons (Fsp3) is 0.333. The molecule has 0 aliphatic carbocycles. The van der Waals surface area contributed by atoms with E-state index in [4.69, 9.17) is 4.74 Å². The average Bonchev–Trinajstić information content (AvgIpc) is 2.40. The van der Waals surface area contributed by atoms with Gasteiger partial charge in [-0.3, -0.25) is 4.79 Å². The van der Waals surface area contributed by atoms with Crippen molar-refractivity contribution in [2.45, 2.75) is 19.8 Å². The van der Waals surface area contributed by atoms with Crippen LogP contribution in [0.1, 0.15) is 18.9 Å². The van der Waals surface area contributed by atoms with E-state index in [0.29, 0.717) is 18.4 Å². The van der Waals surface area contributed by atoms with Gasteiger partial charge in [0.1, 0.15) is 11.5 Å². The second-order valence-electron chi connectivity index (χ2n) is 4.66. The molecule has 0 saturated carbocycles. The van der Waals surface area contributed by atoms with Crippen LogP contribution in [-0.2, 0) is 18.3 Å². The Hall–Kier alpha value is -2.10. The van der Waals surface area contributed by atoms with Gasteiger partial charge in [0.2, 0.25) is 0 Å². The number of hydrogen-bond acceptors (Lipinski definition) is 3. The Morgan fingerprint density at radius 2 is 2.05 bits per heavy atom. The first kappa shape index (κ1) is 13.3. The standard InChI is InChI=1S/C15H17NO3/c1-10(17)4-5-11-8-12-9-13(19-3)6-7-14(12)16(2)15(11)18/h6-9H,4-5H2,1-3H3. The largest absolute Gasteiger partial charge is 0.497 e. The lowest BCUT2D eigenvalue weighted by Gasteiger charge is -2.09. The van der Waals surface area contributed by atoms with Crippen molar-refractivity contribution in [1.29, 1.82) is 0 Å². The van der Waals surface area contributed by atoms with Gasteiger partial charge in [-0.15, -0.1) is 0 Å². The molecule has 19 heavy (non-hydrogen) atoms. The van der Waals surface area contributed by atoms with Crippen LogP contribution in [0.25, 0.3) is 10.9 Å². The molecule has 0 aliphatic heterocycles. The van der Waals surface area contributed by atoms with Gasteiger partial charge in [0.15, 0.2) is 0 Å². The summed E-state index contributed by atoms with van der Waals surface area (Å²) in [4.78, 5) is 23.2. The van der Waals surface area contributed by atoms with Crippen LogP contribution in [0.3, 0.4) is 0 Å². The number of rotatable bonds is 4. The first-order chi connectivity index (χ1) is 9.02. The van der Waals surface area contributed by atoms with Crippen LogP contribution in [0.2, 0.25) is 0 Å². The number of nitrogens with zero attached hydrogens (tertiary/aromatic N) is 1. The van der Waals surface area contributed by atoms with Crippen molar-refractivity contribution >= 4 is 16.7 Å². The summed E-state index contributed by atoms with van der Waals surface area (Å²) in [5, 5.41) is 0.944. The lowest BCUT2D eigenvalue weighted by atomic mass is 10.1. The maximum atomic E-state index is 12.2. The van der Waals surface area contributed by atoms with E-state index < -0.39 is 0 Å². The fourth-order valence-corrected chi connectivity index (χ4v) is 2.14. The van der Waals surface area contributed by atoms with E-state index in [1.165, 1.54) is 6.92 Å². The molecular formula is C15H17NO3. The number of carbonyl (C=O) groups excluding carboxylic acids is 1. The number of aryl methyl sites for hydroxylation is 2. The molecule has 0 spiro atoms. The minimum absolute atomic E-state index is 0.0427. The third-order valence-electron chi connectivity index (χ3n) is 3.25. The zero-order chi connectivity index (χ0) is 14.0. The van der Waals surface area contributed by atoms with Crippen LogP contribution in [0.4, 0.5) is 0 Å².